The number of methoxy groups -OCH3 is 1. The lowest BCUT2D eigenvalue weighted by Gasteiger charge is -2.22. The van der Waals surface area contributed by atoms with E-state index in [0.29, 0.717) is 0 Å². The van der Waals surface area contributed by atoms with Gasteiger partial charge in [-0.05, 0) is 33.5 Å². The number of carbonyl (C=O) groups is 1. The lowest BCUT2D eigenvalue weighted by molar-refractivity contribution is -0.111. The van der Waals surface area contributed by atoms with Crippen molar-refractivity contribution in [3.8, 4) is 5.75 Å². The van der Waals surface area contributed by atoms with E-state index in [9.17, 15) is 4.79 Å². The first kappa shape index (κ1) is 12.7. The SMILES string of the molecule is COc1c(C)cc(C)cc1C(C=O)N(C)C. The minimum Gasteiger partial charge on any atom is -0.496 e. The van der Waals surface area contributed by atoms with Gasteiger partial charge in [-0.1, -0.05) is 17.7 Å². The molecule has 1 aromatic rings. The monoisotopic (exact) mass is 221 g/mol. The van der Waals surface area contributed by atoms with E-state index in [4.69, 9.17) is 4.74 Å². The second-order valence-corrected chi connectivity index (χ2v) is 4.25. The van der Waals surface area contributed by atoms with Gasteiger partial charge in [0.25, 0.3) is 0 Å². The van der Waals surface area contributed by atoms with Gasteiger partial charge in [-0.15, -0.1) is 0 Å². The van der Waals surface area contributed by atoms with Crippen molar-refractivity contribution >= 4 is 6.29 Å². The van der Waals surface area contributed by atoms with E-state index in [-0.39, 0.29) is 6.04 Å². The second-order valence-electron chi connectivity index (χ2n) is 4.25. The highest BCUT2D eigenvalue weighted by molar-refractivity contribution is 5.65. The number of rotatable bonds is 4. The Labute approximate surface area is 97.0 Å². The van der Waals surface area contributed by atoms with E-state index in [1.165, 1.54) is 0 Å². The summed E-state index contributed by atoms with van der Waals surface area (Å²) in [5, 5.41) is 0. The fraction of sp³-hybridized carbons (Fsp3) is 0.462. The summed E-state index contributed by atoms with van der Waals surface area (Å²) in [4.78, 5) is 13.0. The summed E-state index contributed by atoms with van der Waals surface area (Å²) in [6, 6.07) is 3.80. The molecule has 0 amide bonds. The zero-order valence-corrected chi connectivity index (χ0v) is 10.6. The third-order valence-electron chi connectivity index (χ3n) is 2.66. The molecule has 0 aliphatic heterocycles. The molecule has 1 unspecified atom stereocenters. The van der Waals surface area contributed by atoms with Gasteiger partial charge in [-0.3, -0.25) is 4.90 Å². The Morgan fingerprint density at radius 3 is 2.38 bits per heavy atom. The van der Waals surface area contributed by atoms with Crippen molar-refractivity contribution in [1.82, 2.24) is 4.90 Å². The predicted molar refractivity (Wildman–Crippen MR) is 65.0 cm³/mol. The normalized spacial score (nSPS) is 12.6. The molecule has 0 bridgehead atoms. The highest BCUT2D eigenvalue weighted by Gasteiger charge is 2.19. The van der Waals surface area contributed by atoms with Crippen molar-refractivity contribution in [3.63, 3.8) is 0 Å². The lowest BCUT2D eigenvalue weighted by atomic mass is 9.99. The number of benzene rings is 1. The quantitative estimate of drug-likeness (QED) is 0.729. The maximum Gasteiger partial charge on any atom is 0.141 e. The van der Waals surface area contributed by atoms with Gasteiger partial charge in [0.1, 0.15) is 12.0 Å². The zero-order chi connectivity index (χ0) is 12.3. The molecule has 0 fully saturated rings. The number of ether oxygens (including phenoxy) is 1. The van der Waals surface area contributed by atoms with E-state index >= 15 is 0 Å². The van der Waals surface area contributed by atoms with Crippen LogP contribution in [0.2, 0.25) is 0 Å². The first-order chi connectivity index (χ1) is 7.51. The van der Waals surface area contributed by atoms with Gasteiger partial charge >= 0.3 is 0 Å². The van der Waals surface area contributed by atoms with Crippen LogP contribution < -0.4 is 4.74 Å². The Hall–Kier alpha value is -1.35. The molecule has 3 heteroatoms. The van der Waals surface area contributed by atoms with Crippen LogP contribution in [0.5, 0.6) is 5.75 Å². The van der Waals surface area contributed by atoms with Crippen molar-refractivity contribution in [3.05, 3.63) is 28.8 Å². The highest BCUT2D eigenvalue weighted by atomic mass is 16.5. The molecule has 88 valence electrons. The first-order valence-electron chi connectivity index (χ1n) is 5.28. The molecule has 0 spiro atoms. The summed E-state index contributed by atoms with van der Waals surface area (Å²) >= 11 is 0. The molecule has 0 radical (unpaired) electrons. The molecule has 0 heterocycles. The predicted octanol–water partition coefficient (Wildman–Crippen LogP) is 2.11. The van der Waals surface area contributed by atoms with Crippen LogP contribution >= 0.6 is 0 Å². The third kappa shape index (κ3) is 2.42. The number of hydrogen-bond donors (Lipinski definition) is 0. The van der Waals surface area contributed by atoms with E-state index in [0.717, 1.165) is 28.7 Å². The molecule has 0 aliphatic rings. The van der Waals surface area contributed by atoms with E-state index < -0.39 is 0 Å². The van der Waals surface area contributed by atoms with Crippen molar-refractivity contribution in [1.29, 1.82) is 0 Å². The maximum atomic E-state index is 11.1. The molecular formula is C13H19NO2. The summed E-state index contributed by atoms with van der Waals surface area (Å²) in [6.07, 6.45) is 0.941. The van der Waals surface area contributed by atoms with Crippen LogP contribution in [-0.2, 0) is 4.79 Å². The van der Waals surface area contributed by atoms with Crippen LogP contribution in [0.4, 0.5) is 0 Å². The van der Waals surface area contributed by atoms with Gasteiger partial charge in [0.15, 0.2) is 0 Å². The lowest BCUT2D eigenvalue weighted by Crippen LogP contribution is -2.22. The van der Waals surface area contributed by atoms with Crippen LogP contribution in [0.3, 0.4) is 0 Å². The molecule has 0 aromatic heterocycles. The average molecular weight is 221 g/mol. The van der Waals surface area contributed by atoms with Gasteiger partial charge in [-0.25, -0.2) is 0 Å². The standard InChI is InChI=1S/C13H19NO2/c1-9-6-10(2)13(16-5)11(7-9)12(8-15)14(3)4/h6-8,12H,1-5H3. The number of carbonyl (C=O) groups excluding carboxylic acids is 1. The summed E-state index contributed by atoms with van der Waals surface area (Å²) in [5.41, 5.74) is 3.13. The fourth-order valence-electron chi connectivity index (χ4n) is 1.96. The maximum absolute atomic E-state index is 11.1. The first-order valence-corrected chi connectivity index (χ1v) is 5.28. The fourth-order valence-corrected chi connectivity index (χ4v) is 1.96. The molecular weight excluding hydrogens is 202 g/mol. The van der Waals surface area contributed by atoms with Gasteiger partial charge in [-0.2, -0.15) is 0 Å². The van der Waals surface area contributed by atoms with Crippen LogP contribution in [0.1, 0.15) is 22.7 Å². The number of nitrogens with zero attached hydrogens (tertiary/aromatic N) is 1. The Balaban J connectivity index is 3.34. The van der Waals surface area contributed by atoms with Gasteiger partial charge in [0.2, 0.25) is 0 Å². The summed E-state index contributed by atoms with van der Waals surface area (Å²) in [7, 11) is 5.41. The summed E-state index contributed by atoms with van der Waals surface area (Å²) < 4.78 is 5.38. The van der Waals surface area contributed by atoms with Crippen LogP contribution in [0.25, 0.3) is 0 Å². The molecule has 3 nitrogen and oxygen atoms in total. The molecule has 0 saturated carbocycles. The molecule has 16 heavy (non-hydrogen) atoms. The molecule has 1 atom stereocenters. The molecule has 0 saturated heterocycles. The largest absolute Gasteiger partial charge is 0.496 e. The molecule has 0 N–H and O–H groups in total. The Bertz CT molecular complexity index is 386. The van der Waals surface area contributed by atoms with Gasteiger partial charge in [0.05, 0.1) is 13.2 Å². The second kappa shape index (κ2) is 5.12. The topological polar surface area (TPSA) is 29.5 Å². The van der Waals surface area contributed by atoms with Crippen molar-refractivity contribution in [2.75, 3.05) is 21.2 Å². The summed E-state index contributed by atoms with van der Waals surface area (Å²) in [5.74, 6) is 0.802. The Morgan fingerprint density at radius 1 is 1.31 bits per heavy atom. The number of hydrogen-bond acceptors (Lipinski definition) is 3. The van der Waals surface area contributed by atoms with Crippen molar-refractivity contribution in [2.24, 2.45) is 0 Å². The number of likely N-dealkylation sites (N-methyl/N-ethyl adjacent to an activating group) is 1. The van der Waals surface area contributed by atoms with Crippen LogP contribution in [0, 0.1) is 13.8 Å². The smallest absolute Gasteiger partial charge is 0.141 e. The Morgan fingerprint density at radius 2 is 1.94 bits per heavy atom. The number of aryl methyl sites for hydroxylation is 2. The van der Waals surface area contributed by atoms with E-state index in [1.54, 1.807) is 7.11 Å². The van der Waals surface area contributed by atoms with E-state index in [1.807, 2.05) is 38.9 Å². The zero-order valence-electron chi connectivity index (χ0n) is 10.6. The highest BCUT2D eigenvalue weighted by Crippen LogP contribution is 2.31. The van der Waals surface area contributed by atoms with Crippen molar-refractivity contribution in [2.45, 2.75) is 19.9 Å². The van der Waals surface area contributed by atoms with Crippen LogP contribution in [-0.4, -0.2) is 32.4 Å². The molecule has 1 rings (SSSR count). The van der Waals surface area contributed by atoms with E-state index in [2.05, 4.69) is 6.07 Å². The third-order valence-corrected chi connectivity index (χ3v) is 2.66. The number of aldehydes is 1. The van der Waals surface area contributed by atoms with Crippen LogP contribution in [0.15, 0.2) is 12.1 Å². The molecule has 1 aromatic carbocycles. The minimum absolute atomic E-state index is 0.256. The van der Waals surface area contributed by atoms with Crippen molar-refractivity contribution < 1.29 is 9.53 Å². The van der Waals surface area contributed by atoms with Gasteiger partial charge < -0.3 is 9.53 Å². The minimum atomic E-state index is -0.256. The Kier molecular flexibility index (Phi) is 4.07. The molecule has 0 aliphatic carbocycles. The van der Waals surface area contributed by atoms with Gasteiger partial charge in [0, 0.05) is 5.56 Å². The average Bonchev–Trinajstić information content (AvgIpc) is 2.17. The summed E-state index contributed by atoms with van der Waals surface area (Å²) in [6.45, 7) is 4.01.